The Bertz CT molecular complexity index is 612. The molecule has 9 heteroatoms. The van der Waals surface area contributed by atoms with E-state index in [0.29, 0.717) is 0 Å². The summed E-state index contributed by atoms with van der Waals surface area (Å²) in [5.74, 6) is -3.28. The Morgan fingerprint density at radius 2 is 2.05 bits per heavy atom. The minimum atomic E-state index is -4.09. The van der Waals surface area contributed by atoms with Crippen molar-refractivity contribution in [3.63, 3.8) is 0 Å². The number of hydrogen-bond donors (Lipinski definition) is 2. The van der Waals surface area contributed by atoms with Crippen LogP contribution in [0.3, 0.4) is 0 Å². The SMILES string of the molecule is COC(=O)c1ccc(Cl)c(NS(=O)(=O)CC(=O)O)c1. The Hall–Kier alpha value is -1.80. The second kappa shape index (κ2) is 5.89. The molecule has 19 heavy (non-hydrogen) atoms. The lowest BCUT2D eigenvalue weighted by atomic mass is 10.2. The highest BCUT2D eigenvalue weighted by Crippen LogP contribution is 2.24. The average molecular weight is 308 g/mol. The number of methoxy groups -OCH3 is 1. The average Bonchev–Trinajstić information content (AvgIpc) is 2.29. The molecule has 0 fully saturated rings. The molecule has 0 radical (unpaired) electrons. The Labute approximate surface area is 114 Å². The summed E-state index contributed by atoms with van der Waals surface area (Å²) in [5.41, 5.74) is -0.00857. The van der Waals surface area contributed by atoms with Crippen LogP contribution in [0.2, 0.25) is 5.02 Å². The lowest BCUT2D eigenvalue weighted by Gasteiger charge is -2.09. The molecule has 0 spiro atoms. The van der Waals surface area contributed by atoms with Gasteiger partial charge in [-0.2, -0.15) is 0 Å². The van der Waals surface area contributed by atoms with E-state index < -0.39 is 27.7 Å². The Morgan fingerprint density at radius 1 is 1.42 bits per heavy atom. The summed E-state index contributed by atoms with van der Waals surface area (Å²) in [6.07, 6.45) is 0. The molecule has 0 amide bonds. The molecular weight excluding hydrogens is 298 g/mol. The van der Waals surface area contributed by atoms with E-state index in [1.165, 1.54) is 19.2 Å². The van der Waals surface area contributed by atoms with Crippen molar-refractivity contribution in [3.05, 3.63) is 28.8 Å². The smallest absolute Gasteiger partial charge is 0.337 e. The minimum Gasteiger partial charge on any atom is -0.480 e. The number of anilines is 1. The molecule has 1 aromatic rings. The van der Waals surface area contributed by atoms with Gasteiger partial charge in [0.05, 0.1) is 23.4 Å². The monoisotopic (exact) mass is 307 g/mol. The van der Waals surface area contributed by atoms with Crippen LogP contribution in [0.1, 0.15) is 10.4 Å². The largest absolute Gasteiger partial charge is 0.480 e. The molecule has 2 N–H and O–H groups in total. The molecule has 0 saturated carbocycles. The number of carboxylic acids is 1. The fourth-order valence-corrected chi connectivity index (χ4v) is 2.34. The molecular formula is C10H10ClNO6S. The zero-order valence-electron chi connectivity index (χ0n) is 9.71. The molecule has 0 aromatic heterocycles. The summed E-state index contributed by atoms with van der Waals surface area (Å²) < 4.78 is 29.4. The molecule has 0 heterocycles. The van der Waals surface area contributed by atoms with Crippen molar-refractivity contribution in [1.82, 2.24) is 0 Å². The van der Waals surface area contributed by atoms with Gasteiger partial charge >= 0.3 is 11.9 Å². The molecule has 0 bridgehead atoms. The van der Waals surface area contributed by atoms with Gasteiger partial charge in [-0.15, -0.1) is 0 Å². The van der Waals surface area contributed by atoms with E-state index in [1.807, 2.05) is 4.72 Å². The van der Waals surface area contributed by atoms with Crippen LogP contribution in [0.4, 0.5) is 5.69 Å². The van der Waals surface area contributed by atoms with Gasteiger partial charge in [-0.25, -0.2) is 13.2 Å². The number of sulfonamides is 1. The quantitative estimate of drug-likeness (QED) is 0.784. The van der Waals surface area contributed by atoms with Gasteiger partial charge in [0.2, 0.25) is 10.0 Å². The first kappa shape index (κ1) is 15.3. The number of ether oxygens (including phenoxy) is 1. The van der Waals surface area contributed by atoms with E-state index >= 15 is 0 Å². The van der Waals surface area contributed by atoms with Crippen molar-refractivity contribution in [3.8, 4) is 0 Å². The molecule has 1 aromatic carbocycles. The lowest BCUT2D eigenvalue weighted by molar-refractivity contribution is -0.134. The first-order valence-corrected chi connectivity index (χ1v) is 6.88. The minimum absolute atomic E-state index is 0.0293. The summed E-state index contributed by atoms with van der Waals surface area (Å²) in [4.78, 5) is 21.7. The van der Waals surface area contributed by atoms with Gasteiger partial charge in [0.15, 0.2) is 5.75 Å². The third kappa shape index (κ3) is 4.42. The number of benzene rings is 1. The highest BCUT2D eigenvalue weighted by molar-refractivity contribution is 7.93. The Balaban J connectivity index is 3.07. The number of carboxylic acid groups (broad SMARTS) is 1. The number of carbonyl (C=O) groups is 2. The van der Waals surface area contributed by atoms with Crippen molar-refractivity contribution in [2.24, 2.45) is 0 Å². The maximum Gasteiger partial charge on any atom is 0.337 e. The second-order valence-corrected chi connectivity index (χ2v) is 5.57. The fourth-order valence-electron chi connectivity index (χ4n) is 1.21. The topological polar surface area (TPSA) is 110 Å². The highest BCUT2D eigenvalue weighted by atomic mass is 35.5. The van der Waals surface area contributed by atoms with Crippen molar-refractivity contribution >= 4 is 39.3 Å². The first-order chi connectivity index (χ1) is 8.75. The zero-order valence-corrected chi connectivity index (χ0v) is 11.3. The van der Waals surface area contributed by atoms with E-state index in [4.69, 9.17) is 16.7 Å². The number of halogens is 1. The van der Waals surface area contributed by atoms with Crippen LogP contribution in [-0.4, -0.2) is 38.3 Å². The van der Waals surface area contributed by atoms with Crippen LogP contribution in [0.15, 0.2) is 18.2 Å². The van der Waals surface area contributed by atoms with Crippen LogP contribution in [0.5, 0.6) is 0 Å². The van der Waals surface area contributed by atoms with Crippen LogP contribution in [0, 0.1) is 0 Å². The van der Waals surface area contributed by atoms with E-state index in [9.17, 15) is 18.0 Å². The van der Waals surface area contributed by atoms with Crippen molar-refractivity contribution in [1.29, 1.82) is 0 Å². The van der Waals surface area contributed by atoms with Gasteiger partial charge in [0.25, 0.3) is 0 Å². The highest BCUT2D eigenvalue weighted by Gasteiger charge is 2.18. The summed E-state index contributed by atoms with van der Waals surface area (Å²) in [7, 11) is -2.92. The zero-order chi connectivity index (χ0) is 14.6. The van der Waals surface area contributed by atoms with Gasteiger partial charge in [-0.3, -0.25) is 9.52 Å². The molecule has 104 valence electrons. The molecule has 0 saturated heterocycles. The summed E-state index contributed by atoms with van der Waals surface area (Å²) >= 11 is 5.76. The molecule has 1 rings (SSSR count). The number of esters is 1. The number of aliphatic carboxylic acids is 1. The summed E-state index contributed by atoms with van der Waals surface area (Å²) in [6, 6.07) is 3.81. The molecule has 0 aliphatic heterocycles. The fraction of sp³-hybridized carbons (Fsp3) is 0.200. The number of nitrogens with one attached hydrogen (secondary N) is 1. The lowest BCUT2D eigenvalue weighted by Crippen LogP contribution is -2.22. The van der Waals surface area contributed by atoms with Gasteiger partial charge in [0, 0.05) is 0 Å². The molecule has 0 atom stereocenters. The molecule has 0 unspecified atom stereocenters. The first-order valence-electron chi connectivity index (χ1n) is 4.85. The van der Waals surface area contributed by atoms with Crippen LogP contribution in [0.25, 0.3) is 0 Å². The van der Waals surface area contributed by atoms with Gasteiger partial charge in [-0.1, -0.05) is 11.6 Å². The Kier molecular flexibility index (Phi) is 4.73. The maximum atomic E-state index is 11.4. The van der Waals surface area contributed by atoms with Crippen molar-refractivity contribution in [2.45, 2.75) is 0 Å². The van der Waals surface area contributed by atoms with Gasteiger partial charge in [0.1, 0.15) is 0 Å². The third-order valence-electron chi connectivity index (χ3n) is 1.97. The molecule has 0 aliphatic carbocycles. The van der Waals surface area contributed by atoms with Crippen LogP contribution in [-0.2, 0) is 19.6 Å². The van der Waals surface area contributed by atoms with Crippen LogP contribution < -0.4 is 4.72 Å². The Morgan fingerprint density at radius 3 is 2.58 bits per heavy atom. The second-order valence-electron chi connectivity index (χ2n) is 3.44. The molecule has 7 nitrogen and oxygen atoms in total. The van der Waals surface area contributed by atoms with Gasteiger partial charge < -0.3 is 9.84 Å². The predicted molar refractivity (Wildman–Crippen MR) is 67.8 cm³/mol. The van der Waals surface area contributed by atoms with Crippen molar-refractivity contribution in [2.75, 3.05) is 17.6 Å². The van der Waals surface area contributed by atoms with E-state index in [-0.39, 0.29) is 16.3 Å². The van der Waals surface area contributed by atoms with Crippen molar-refractivity contribution < 1.29 is 27.9 Å². The molecule has 0 aliphatic rings. The van der Waals surface area contributed by atoms with E-state index in [0.717, 1.165) is 6.07 Å². The number of rotatable bonds is 5. The summed E-state index contributed by atoms with van der Waals surface area (Å²) in [6.45, 7) is 0. The summed E-state index contributed by atoms with van der Waals surface area (Å²) in [5, 5.41) is 8.48. The third-order valence-corrected chi connectivity index (χ3v) is 3.45. The number of hydrogen-bond acceptors (Lipinski definition) is 5. The van der Waals surface area contributed by atoms with E-state index in [1.54, 1.807) is 0 Å². The predicted octanol–water partition coefficient (Wildman–Crippen LogP) is 0.953. The van der Waals surface area contributed by atoms with Crippen LogP contribution >= 0.6 is 11.6 Å². The van der Waals surface area contributed by atoms with E-state index in [2.05, 4.69) is 4.74 Å². The normalized spacial score (nSPS) is 10.8. The maximum absolute atomic E-state index is 11.4. The standard InChI is InChI=1S/C10H10ClNO6S/c1-18-10(15)6-2-3-7(11)8(4-6)12-19(16,17)5-9(13)14/h2-4,12H,5H2,1H3,(H,13,14). The number of carbonyl (C=O) groups excluding carboxylic acids is 1. The van der Waals surface area contributed by atoms with Gasteiger partial charge in [-0.05, 0) is 18.2 Å².